The third-order valence-electron chi connectivity index (χ3n) is 2.89. The van der Waals surface area contributed by atoms with E-state index in [1.54, 1.807) is 50.5 Å². The molecule has 0 saturated heterocycles. The minimum Gasteiger partial charge on any atom is -0.478 e. The number of nitrogens with zero attached hydrogens (tertiary/aromatic N) is 2. The number of urea groups is 1. The van der Waals surface area contributed by atoms with Gasteiger partial charge in [0.05, 0.1) is 6.61 Å². The zero-order valence-corrected chi connectivity index (χ0v) is 13.6. The maximum Gasteiger partial charge on any atom is 0.321 e. The Morgan fingerprint density at radius 1 is 1.13 bits per heavy atom. The van der Waals surface area contributed by atoms with Crippen LogP contribution in [0.1, 0.15) is 13.3 Å². The third-order valence-corrected chi connectivity index (χ3v) is 2.89. The summed E-state index contributed by atoms with van der Waals surface area (Å²) in [6, 6.07) is 12.3. The van der Waals surface area contributed by atoms with Gasteiger partial charge in [-0.3, -0.25) is 0 Å². The monoisotopic (exact) mass is 315 g/mol. The van der Waals surface area contributed by atoms with E-state index in [-0.39, 0.29) is 6.03 Å². The topological polar surface area (TPSA) is 63.7 Å². The molecule has 6 heteroatoms. The molecule has 122 valence electrons. The summed E-state index contributed by atoms with van der Waals surface area (Å²) >= 11 is 0. The van der Waals surface area contributed by atoms with Crippen LogP contribution in [0.15, 0.2) is 42.5 Å². The van der Waals surface area contributed by atoms with Crippen LogP contribution >= 0.6 is 0 Å². The van der Waals surface area contributed by atoms with Crippen LogP contribution in [0.4, 0.5) is 10.5 Å². The SMILES string of the molecule is CCCOc1cccc(Oc2ccc(NC(=O)N(C)C)cc2)n1. The molecule has 0 fully saturated rings. The highest BCUT2D eigenvalue weighted by Crippen LogP contribution is 2.23. The van der Waals surface area contributed by atoms with Crippen LogP contribution < -0.4 is 14.8 Å². The number of carbonyl (C=O) groups is 1. The maximum absolute atomic E-state index is 11.6. The molecule has 23 heavy (non-hydrogen) atoms. The highest BCUT2D eigenvalue weighted by molar-refractivity contribution is 5.88. The summed E-state index contributed by atoms with van der Waals surface area (Å²) in [6.45, 7) is 2.66. The van der Waals surface area contributed by atoms with Crippen molar-refractivity contribution < 1.29 is 14.3 Å². The average molecular weight is 315 g/mol. The van der Waals surface area contributed by atoms with Crippen molar-refractivity contribution in [3.63, 3.8) is 0 Å². The Hall–Kier alpha value is -2.76. The van der Waals surface area contributed by atoms with Gasteiger partial charge in [-0.2, -0.15) is 4.98 Å². The van der Waals surface area contributed by atoms with Gasteiger partial charge in [0.25, 0.3) is 0 Å². The van der Waals surface area contributed by atoms with Crippen molar-refractivity contribution in [2.45, 2.75) is 13.3 Å². The molecule has 6 nitrogen and oxygen atoms in total. The molecule has 0 aliphatic rings. The summed E-state index contributed by atoms with van der Waals surface area (Å²) < 4.78 is 11.2. The molecule has 0 spiro atoms. The van der Waals surface area contributed by atoms with Gasteiger partial charge in [0, 0.05) is 31.9 Å². The Kier molecular flexibility index (Phi) is 5.80. The van der Waals surface area contributed by atoms with Crippen LogP contribution in [0.5, 0.6) is 17.5 Å². The van der Waals surface area contributed by atoms with Crippen molar-refractivity contribution in [2.75, 3.05) is 26.0 Å². The minimum atomic E-state index is -0.180. The van der Waals surface area contributed by atoms with Crippen molar-refractivity contribution in [3.05, 3.63) is 42.5 Å². The van der Waals surface area contributed by atoms with E-state index in [9.17, 15) is 4.79 Å². The lowest BCUT2D eigenvalue weighted by molar-refractivity contribution is 0.230. The van der Waals surface area contributed by atoms with Crippen molar-refractivity contribution >= 4 is 11.7 Å². The molecule has 2 rings (SSSR count). The molecule has 0 saturated carbocycles. The lowest BCUT2D eigenvalue weighted by Crippen LogP contribution is -2.27. The number of aromatic nitrogens is 1. The summed E-state index contributed by atoms with van der Waals surface area (Å²) in [5, 5.41) is 2.76. The summed E-state index contributed by atoms with van der Waals surface area (Å²) in [5.74, 6) is 1.64. The zero-order valence-electron chi connectivity index (χ0n) is 13.6. The summed E-state index contributed by atoms with van der Waals surface area (Å²) in [4.78, 5) is 17.3. The van der Waals surface area contributed by atoms with Gasteiger partial charge in [-0.05, 0) is 30.7 Å². The summed E-state index contributed by atoms with van der Waals surface area (Å²) in [7, 11) is 3.37. The van der Waals surface area contributed by atoms with Crippen LogP contribution in [-0.4, -0.2) is 36.6 Å². The number of carbonyl (C=O) groups excluding carboxylic acids is 1. The standard InChI is InChI=1S/C17H21N3O3/c1-4-12-22-15-6-5-7-16(19-15)23-14-10-8-13(9-11-14)18-17(21)20(2)3/h5-11H,4,12H2,1-3H3,(H,18,21). The number of pyridine rings is 1. The van der Waals surface area contributed by atoms with Crippen LogP contribution in [0, 0.1) is 0 Å². The largest absolute Gasteiger partial charge is 0.478 e. The van der Waals surface area contributed by atoms with E-state index in [1.807, 2.05) is 13.0 Å². The molecule has 0 unspecified atom stereocenters. The van der Waals surface area contributed by atoms with Gasteiger partial charge in [0.2, 0.25) is 11.8 Å². The molecule has 0 aliphatic heterocycles. The molecule has 0 bridgehead atoms. The van der Waals surface area contributed by atoms with Gasteiger partial charge < -0.3 is 19.7 Å². The van der Waals surface area contributed by atoms with Gasteiger partial charge in [-0.25, -0.2) is 4.79 Å². The number of amides is 2. The number of hydrogen-bond donors (Lipinski definition) is 1. The van der Waals surface area contributed by atoms with Crippen LogP contribution in [0.3, 0.4) is 0 Å². The molecule has 2 aromatic rings. The lowest BCUT2D eigenvalue weighted by Gasteiger charge is -2.12. The second-order valence-electron chi connectivity index (χ2n) is 5.11. The summed E-state index contributed by atoms with van der Waals surface area (Å²) in [6.07, 6.45) is 0.924. The molecule has 0 radical (unpaired) electrons. The Balaban J connectivity index is 1.99. The molecule has 0 atom stereocenters. The maximum atomic E-state index is 11.6. The van der Waals surface area contributed by atoms with Gasteiger partial charge >= 0.3 is 6.03 Å². The van der Waals surface area contributed by atoms with E-state index in [0.29, 0.717) is 29.8 Å². The normalized spacial score (nSPS) is 10.0. The van der Waals surface area contributed by atoms with Crippen molar-refractivity contribution in [1.82, 2.24) is 9.88 Å². The summed E-state index contributed by atoms with van der Waals surface area (Å²) in [5.41, 5.74) is 0.698. The number of hydrogen-bond acceptors (Lipinski definition) is 4. The molecule has 1 N–H and O–H groups in total. The highest BCUT2D eigenvalue weighted by atomic mass is 16.5. The van der Waals surface area contributed by atoms with E-state index in [2.05, 4.69) is 10.3 Å². The van der Waals surface area contributed by atoms with Gasteiger partial charge in [-0.15, -0.1) is 0 Å². The number of rotatable bonds is 6. The fourth-order valence-corrected chi connectivity index (χ4v) is 1.70. The molecule has 1 heterocycles. The first-order valence-electron chi connectivity index (χ1n) is 7.44. The van der Waals surface area contributed by atoms with E-state index >= 15 is 0 Å². The van der Waals surface area contributed by atoms with E-state index in [0.717, 1.165) is 6.42 Å². The van der Waals surface area contributed by atoms with Crippen LogP contribution in [0.25, 0.3) is 0 Å². The average Bonchev–Trinajstić information content (AvgIpc) is 2.55. The van der Waals surface area contributed by atoms with Crippen molar-refractivity contribution in [3.8, 4) is 17.5 Å². The fraction of sp³-hybridized carbons (Fsp3) is 0.294. The fourth-order valence-electron chi connectivity index (χ4n) is 1.70. The van der Waals surface area contributed by atoms with Crippen molar-refractivity contribution in [1.29, 1.82) is 0 Å². The van der Waals surface area contributed by atoms with E-state index < -0.39 is 0 Å². The Labute approximate surface area is 136 Å². The first-order valence-corrected chi connectivity index (χ1v) is 7.44. The Morgan fingerprint density at radius 2 is 1.83 bits per heavy atom. The quantitative estimate of drug-likeness (QED) is 0.881. The third kappa shape index (κ3) is 5.18. The number of nitrogens with one attached hydrogen (secondary N) is 1. The molecule has 2 amide bonds. The van der Waals surface area contributed by atoms with E-state index in [1.165, 1.54) is 4.90 Å². The van der Waals surface area contributed by atoms with Crippen molar-refractivity contribution in [2.24, 2.45) is 0 Å². The number of anilines is 1. The second-order valence-corrected chi connectivity index (χ2v) is 5.11. The van der Waals surface area contributed by atoms with E-state index in [4.69, 9.17) is 9.47 Å². The Morgan fingerprint density at radius 3 is 2.48 bits per heavy atom. The smallest absolute Gasteiger partial charge is 0.321 e. The zero-order chi connectivity index (χ0) is 16.7. The molecular weight excluding hydrogens is 294 g/mol. The van der Waals surface area contributed by atoms with Crippen LogP contribution in [-0.2, 0) is 0 Å². The van der Waals surface area contributed by atoms with Crippen LogP contribution in [0.2, 0.25) is 0 Å². The van der Waals surface area contributed by atoms with Gasteiger partial charge in [0.15, 0.2) is 0 Å². The second kappa shape index (κ2) is 8.03. The van der Waals surface area contributed by atoms with Gasteiger partial charge in [-0.1, -0.05) is 13.0 Å². The molecular formula is C17H21N3O3. The minimum absolute atomic E-state index is 0.180. The lowest BCUT2D eigenvalue weighted by atomic mass is 10.3. The van der Waals surface area contributed by atoms with Gasteiger partial charge in [0.1, 0.15) is 5.75 Å². The first-order chi connectivity index (χ1) is 11.1. The molecule has 1 aromatic heterocycles. The molecule has 1 aromatic carbocycles. The predicted octanol–water partition coefficient (Wildman–Crippen LogP) is 3.76. The predicted molar refractivity (Wildman–Crippen MR) is 89.2 cm³/mol. The highest BCUT2D eigenvalue weighted by Gasteiger charge is 2.05. The number of benzene rings is 1. The number of ether oxygens (including phenoxy) is 2. The molecule has 0 aliphatic carbocycles. The first kappa shape index (κ1) is 16.6. The Bertz CT molecular complexity index is 642.